The summed E-state index contributed by atoms with van der Waals surface area (Å²) in [5.74, 6) is 0.544. The molecular formula is C23H24N4O2S. The average molecular weight is 421 g/mol. The first-order valence-corrected chi connectivity index (χ1v) is 10.6. The molecule has 2 aromatic carbocycles. The van der Waals surface area contributed by atoms with E-state index in [1.165, 1.54) is 0 Å². The number of rotatable bonds is 7. The molecule has 7 heteroatoms. The molecule has 1 heterocycles. The van der Waals surface area contributed by atoms with Gasteiger partial charge in [-0.25, -0.2) is 4.79 Å². The van der Waals surface area contributed by atoms with E-state index >= 15 is 0 Å². The molecule has 0 aliphatic carbocycles. The number of carbonyl (C=O) groups is 2. The van der Waals surface area contributed by atoms with Crippen LogP contribution in [0.15, 0.2) is 78.0 Å². The Morgan fingerprint density at radius 3 is 2.43 bits per heavy atom. The fourth-order valence-corrected chi connectivity index (χ4v) is 3.53. The van der Waals surface area contributed by atoms with Crippen LogP contribution in [0.2, 0.25) is 0 Å². The largest absolute Gasteiger partial charge is 0.336 e. The van der Waals surface area contributed by atoms with Crippen LogP contribution in [-0.2, 0) is 5.75 Å². The van der Waals surface area contributed by atoms with Gasteiger partial charge in [-0.1, -0.05) is 18.2 Å². The zero-order valence-corrected chi connectivity index (χ0v) is 17.7. The molecule has 0 radical (unpaired) electrons. The van der Waals surface area contributed by atoms with Gasteiger partial charge in [0, 0.05) is 34.8 Å². The summed E-state index contributed by atoms with van der Waals surface area (Å²) in [6.07, 6.45) is 3.62. The number of amides is 3. The van der Waals surface area contributed by atoms with Crippen molar-refractivity contribution < 1.29 is 9.59 Å². The summed E-state index contributed by atoms with van der Waals surface area (Å²) in [6.45, 7) is 3.74. The predicted octanol–water partition coefficient (Wildman–Crippen LogP) is 5.16. The molecule has 0 bridgehead atoms. The lowest BCUT2D eigenvalue weighted by atomic mass is 10.1. The third-order valence-electron chi connectivity index (χ3n) is 4.08. The van der Waals surface area contributed by atoms with Gasteiger partial charge in [0.05, 0.1) is 11.3 Å². The summed E-state index contributed by atoms with van der Waals surface area (Å²) in [4.78, 5) is 30.0. The van der Waals surface area contributed by atoms with Crippen molar-refractivity contribution in [3.05, 3.63) is 84.2 Å². The Morgan fingerprint density at radius 1 is 0.967 bits per heavy atom. The van der Waals surface area contributed by atoms with Gasteiger partial charge in [-0.3, -0.25) is 9.78 Å². The van der Waals surface area contributed by atoms with Crippen molar-refractivity contribution in [1.82, 2.24) is 10.3 Å². The average Bonchev–Trinajstić information content (AvgIpc) is 2.74. The number of thioether (sulfide) groups is 1. The van der Waals surface area contributed by atoms with Crippen LogP contribution in [0.1, 0.15) is 29.8 Å². The summed E-state index contributed by atoms with van der Waals surface area (Å²) in [6, 6.07) is 18.2. The number of anilines is 2. The Hall–Kier alpha value is -3.32. The Kier molecular flexibility index (Phi) is 7.45. The highest BCUT2D eigenvalue weighted by Gasteiger charge is 2.13. The van der Waals surface area contributed by atoms with Gasteiger partial charge in [0.15, 0.2) is 0 Å². The van der Waals surface area contributed by atoms with E-state index < -0.39 is 0 Å². The molecular weight excluding hydrogens is 396 g/mol. The third-order valence-corrected chi connectivity index (χ3v) is 5.16. The van der Waals surface area contributed by atoms with Crippen molar-refractivity contribution in [3.8, 4) is 0 Å². The molecule has 6 nitrogen and oxygen atoms in total. The van der Waals surface area contributed by atoms with Crippen LogP contribution < -0.4 is 16.0 Å². The number of hydrogen-bond donors (Lipinski definition) is 3. The number of benzene rings is 2. The van der Waals surface area contributed by atoms with Crippen LogP contribution >= 0.6 is 11.8 Å². The van der Waals surface area contributed by atoms with Crippen LogP contribution in [0, 0.1) is 0 Å². The maximum Gasteiger partial charge on any atom is 0.319 e. The van der Waals surface area contributed by atoms with Crippen molar-refractivity contribution in [2.75, 3.05) is 10.6 Å². The van der Waals surface area contributed by atoms with E-state index in [0.717, 1.165) is 16.2 Å². The van der Waals surface area contributed by atoms with Gasteiger partial charge < -0.3 is 16.0 Å². The SMILES string of the molecule is CC(C)NC(=O)Nc1ccccc1C(=O)Nc1ccc(SCc2cccnc2)cc1. The number of pyridine rings is 1. The maximum absolute atomic E-state index is 12.7. The second-order valence-corrected chi connectivity index (χ2v) is 7.98. The Balaban J connectivity index is 1.61. The van der Waals surface area contributed by atoms with Gasteiger partial charge >= 0.3 is 6.03 Å². The minimum atomic E-state index is -0.347. The summed E-state index contributed by atoms with van der Waals surface area (Å²) in [5, 5.41) is 8.36. The monoisotopic (exact) mass is 420 g/mol. The van der Waals surface area contributed by atoms with E-state index in [9.17, 15) is 9.59 Å². The molecule has 30 heavy (non-hydrogen) atoms. The van der Waals surface area contributed by atoms with E-state index in [0.29, 0.717) is 16.9 Å². The highest BCUT2D eigenvalue weighted by Crippen LogP contribution is 2.24. The van der Waals surface area contributed by atoms with Gasteiger partial charge in [0.2, 0.25) is 0 Å². The number of carbonyl (C=O) groups excluding carboxylic acids is 2. The summed E-state index contributed by atoms with van der Waals surface area (Å²) >= 11 is 1.70. The number of nitrogens with one attached hydrogen (secondary N) is 3. The van der Waals surface area contributed by atoms with Crippen molar-refractivity contribution in [2.24, 2.45) is 0 Å². The molecule has 3 amide bonds. The van der Waals surface area contributed by atoms with Gasteiger partial charge in [-0.05, 0) is 61.9 Å². The number of hydrogen-bond acceptors (Lipinski definition) is 4. The van der Waals surface area contributed by atoms with Crippen LogP contribution in [0.3, 0.4) is 0 Å². The number of para-hydroxylation sites is 1. The van der Waals surface area contributed by atoms with Gasteiger partial charge in [0.1, 0.15) is 0 Å². The minimum Gasteiger partial charge on any atom is -0.336 e. The molecule has 0 saturated heterocycles. The normalized spacial score (nSPS) is 10.5. The molecule has 0 unspecified atom stereocenters. The quantitative estimate of drug-likeness (QED) is 0.461. The standard InChI is InChI=1S/C23H24N4O2S/c1-16(2)25-23(29)27-21-8-4-3-7-20(21)22(28)26-18-9-11-19(12-10-18)30-15-17-6-5-13-24-14-17/h3-14,16H,15H2,1-2H3,(H,26,28)(H2,25,27,29). The number of urea groups is 1. The van der Waals surface area contributed by atoms with E-state index in [-0.39, 0.29) is 18.0 Å². The first kappa shape index (κ1) is 21.4. The highest BCUT2D eigenvalue weighted by atomic mass is 32.2. The van der Waals surface area contributed by atoms with Crippen LogP contribution in [0.4, 0.5) is 16.2 Å². The van der Waals surface area contributed by atoms with Gasteiger partial charge in [-0.2, -0.15) is 0 Å². The first-order valence-electron chi connectivity index (χ1n) is 9.61. The molecule has 3 rings (SSSR count). The molecule has 0 aliphatic heterocycles. The van der Waals surface area contributed by atoms with E-state index in [1.807, 2.05) is 56.4 Å². The summed E-state index contributed by atoms with van der Waals surface area (Å²) < 4.78 is 0. The predicted molar refractivity (Wildman–Crippen MR) is 122 cm³/mol. The molecule has 0 aliphatic rings. The number of nitrogens with zero attached hydrogens (tertiary/aromatic N) is 1. The summed E-state index contributed by atoms with van der Waals surface area (Å²) in [5.41, 5.74) is 2.70. The van der Waals surface area contributed by atoms with Crippen molar-refractivity contribution in [2.45, 2.75) is 30.5 Å². The fourth-order valence-electron chi connectivity index (χ4n) is 2.69. The lowest BCUT2D eigenvalue weighted by Gasteiger charge is -2.13. The molecule has 3 N–H and O–H groups in total. The number of aromatic nitrogens is 1. The Bertz CT molecular complexity index is 992. The van der Waals surface area contributed by atoms with Crippen molar-refractivity contribution in [1.29, 1.82) is 0 Å². The van der Waals surface area contributed by atoms with Crippen molar-refractivity contribution in [3.63, 3.8) is 0 Å². The Labute approximate surface area is 180 Å². The topological polar surface area (TPSA) is 83.1 Å². The zero-order valence-electron chi connectivity index (χ0n) is 16.9. The molecule has 0 saturated carbocycles. The highest BCUT2D eigenvalue weighted by molar-refractivity contribution is 7.98. The van der Waals surface area contributed by atoms with Gasteiger partial charge in [-0.15, -0.1) is 11.8 Å². The van der Waals surface area contributed by atoms with Gasteiger partial charge in [0.25, 0.3) is 5.91 Å². The van der Waals surface area contributed by atoms with E-state index in [1.54, 1.807) is 42.2 Å². The molecule has 0 fully saturated rings. The zero-order chi connectivity index (χ0) is 21.3. The van der Waals surface area contributed by atoms with E-state index in [2.05, 4.69) is 20.9 Å². The molecule has 0 spiro atoms. The molecule has 3 aromatic rings. The summed E-state index contributed by atoms with van der Waals surface area (Å²) in [7, 11) is 0. The van der Waals surface area contributed by atoms with Crippen LogP contribution in [0.5, 0.6) is 0 Å². The third kappa shape index (κ3) is 6.35. The molecule has 1 aromatic heterocycles. The second kappa shape index (κ2) is 10.5. The Morgan fingerprint density at radius 2 is 1.73 bits per heavy atom. The van der Waals surface area contributed by atoms with Crippen LogP contribution in [0.25, 0.3) is 0 Å². The molecule has 0 atom stereocenters. The lowest BCUT2D eigenvalue weighted by Crippen LogP contribution is -2.34. The lowest BCUT2D eigenvalue weighted by molar-refractivity contribution is 0.102. The second-order valence-electron chi connectivity index (χ2n) is 6.93. The maximum atomic E-state index is 12.7. The minimum absolute atomic E-state index is 0.000488. The molecule has 154 valence electrons. The fraction of sp³-hybridized carbons (Fsp3) is 0.174. The van der Waals surface area contributed by atoms with Crippen LogP contribution in [-0.4, -0.2) is 23.0 Å². The van der Waals surface area contributed by atoms with Crippen molar-refractivity contribution >= 4 is 35.1 Å². The first-order chi connectivity index (χ1) is 14.5. The van der Waals surface area contributed by atoms with E-state index in [4.69, 9.17) is 0 Å². The smallest absolute Gasteiger partial charge is 0.319 e.